The maximum absolute atomic E-state index is 5.69. The van der Waals surface area contributed by atoms with Gasteiger partial charge >= 0.3 is 0 Å². The van der Waals surface area contributed by atoms with E-state index in [1.165, 1.54) is 85.8 Å². The summed E-state index contributed by atoms with van der Waals surface area (Å²) in [5.41, 5.74) is 7.18. The molecule has 0 aromatic heterocycles. The largest absolute Gasteiger partial charge is 0.493 e. The van der Waals surface area contributed by atoms with Gasteiger partial charge in [-0.1, -0.05) is 103 Å². The Morgan fingerprint density at radius 1 is 0.778 bits per heavy atom. The molecule has 1 heterocycles. The van der Waals surface area contributed by atoms with Crippen LogP contribution in [0.25, 0.3) is 0 Å². The van der Waals surface area contributed by atoms with Gasteiger partial charge in [-0.2, -0.15) is 0 Å². The van der Waals surface area contributed by atoms with Gasteiger partial charge in [-0.3, -0.25) is 0 Å². The number of hydrogen-bond donors (Lipinski definition) is 0. The molecule has 0 saturated carbocycles. The lowest BCUT2D eigenvalue weighted by Gasteiger charge is -2.22. The Kier molecular flexibility index (Phi) is 10.9. The fourth-order valence-corrected chi connectivity index (χ4v) is 5.36. The number of nitrogens with zero attached hydrogens (tertiary/aromatic N) is 1. The van der Waals surface area contributed by atoms with Crippen molar-refractivity contribution in [1.82, 2.24) is 0 Å². The Labute approximate surface area is 220 Å². The Balaban J connectivity index is 1.75. The Bertz CT molecular complexity index is 982. The van der Waals surface area contributed by atoms with Crippen LogP contribution in [0.4, 0.5) is 0 Å². The third kappa shape index (κ3) is 7.85. The van der Waals surface area contributed by atoms with Crippen LogP contribution in [-0.4, -0.2) is 31.1 Å². The van der Waals surface area contributed by atoms with Crippen molar-refractivity contribution < 1.29 is 14.0 Å². The summed E-state index contributed by atoms with van der Waals surface area (Å²) in [5.74, 6) is 1.67. The molecule has 1 aliphatic heterocycles. The van der Waals surface area contributed by atoms with Crippen molar-refractivity contribution in [3.63, 3.8) is 0 Å². The van der Waals surface area contributed by atoms with Crippen LogP contribution in [0.2, 0.25) is 0 Å². The molecule has 3 heteroatoms. The molecule has 0 fully saturated rings. The van der Waals surface area contributed by atoms with Crippen molar-refractivity contribution in [2.24, 2.45) is 0 Å². The molecule has 36 heavy (non-hydrogen) atoms. The molecule has 0 unspecified atom stereocenters. The summed E-state index contributed by atoms with van der Waals surface area (Å²) in [6.45, 7) is 11.1. The van der Waals surface area contributed by atoms with E-state index in [4.69, 9.17) is 9.47 Å². The predicted octanol–water partition coefficient (Wildman–Crippen LogP) is 8.48. The van der Waals surface area contributed by atoms with Gasteiger partial charge in [-0.25, -0.2) is 4.58 Å². The van der Waals surface area contributed by atoms with Crippen LogP contribution in [-0.2, 0) is 18.4 Å². The third-order valence-electron chi connectivity index (χ3n) is 7.66. The number of fused-ring (bicyclic) bond motifs is 1. The van der Waals surface area contributed by atoms with E-state index in [0.717, 1.165) is 37.4 Å². The number of rotatable bonds is 14. The van der Waals surface area contributed by atoms with E-state index in [9.17, 15) is 0 Å². The standard InChI is InChI=1S/C33H50NO2/c1-7-8-9-10-11-12-13-14-15-16-30-29-24-32(36-6)31(35-5)23-27(29)21-22-34(30)25-26-17-19-28(20-18-26)33(2,3)4/h17-20,23-24H,7-16,21-22,25H2,1-6H3/q+1. The van der Waals surface area contributed by atoms with E-state index in [0.29, 0.717) is 0 Å². The minimum atomic E-state index is 0.186. The van der Waals surface area contributed by atoms with Crippen molar-refractivity contribution >= 4 is 5.71 Å². The summed E-state index contributed by atoms with van der Waals surface area (Å²) < 4.78 is 13.9. The van der Waals surface area contributed by atoms with Crippen LogP contribution in [0.1, 0.15) is 114 Å². The highest BCUT2D eigenvalue weighted by Gasteiger charge is 2.27. The Morgan fingerprint density at radius 3 is 1.94 bits per heavy atom. The first kappa shape index (κ1) is 28.3. The molecule has 0 spiro atoms. The highest BCUT2D eigenvalue weighted by atomic mass is 16.5. The second kappa shape index (κ2) is 13.9. The normalized spacial score (nSPS) is 13.6. The van der Waals surface area contributed by atoms with E-state index in [1.54, 1.807) is 14.2 Å². The summed E-state index contributed by atoms with van der Waals surface area (Å²) in [6.07, 6.45) is 14.4. The molecule has 2 aromatic carbocycles. The molecule has 1 aliphatic rings. The first-order valence-corrected chi connectivity index (χ1v) is 14.3. The maximum Gasteiger partial charge on any atom is 0.184 e. The van der Waals surface area contributed by atoms with Gasteiger partial charge in [0.25, 0.3) is 0 Å². The molecule has 2 aromatic rings. The number of hydrogen-bond acceptors (Lipinski definition) is 2. The quantitative estimate of drug-likeness (QED) is 0.195. The summed E-state index contributed by atoms with van der Waals surface area (Å²) in [7, 11) is 3.47. The fraction of sp³-hybridized carbons (Fsp3) is 0.606. The lowest BCUT2D eigenvalue weighted by Crippen LogP contribution is -2.30. The molecule has 0 saturated heterocycles. The molecule has 0 atom stereocenters. The molecule has 0 aliphatic carbocycles. The fourth-order valence-electron chi connectivity index (χ4n) is 5.36. The smallest absolute Gasteiger partial charge is 0.184 e. The molecule has 3 rings (SSSR count). The van der Waals surface area contributed by atoms with Gasteiger partial charge in [-0.05, 0) is 35.1 Å². The highest BCUT2D eigenvalue weighted by Crippen LogP contribution is 2.33. The molecular weight excluding hydrogens is 442 g/mol. The second-order valence-electron chi connectivity index (χ2n) is 11.5. The Morgan fingerprint density at radius 2 is 1.36 bits per heavy atom. The SMILES string of the molecule is CCCCCCCCCCCC1=[N+](Cc2ccc(C(C)(C)C)cc2)CCc2cc(OC)c(OC)cc21. The lowest BCUT2D eigenvalue weighted by molar-refractivity contribution is -0.545. The number of ether oxygens (including phenoxy) is 2. The molecular formula is C33H50NO2+. The van der Waals surface area contributed by atoms with Crippen LogP contribution in [0.3, 0.4) is 0 Å². The topological polar surface area (TPSA) is 21.5 Å². The van der Waals surface area contributed by atoms with Gasteiger partial charge in [0.2, 0.25) is 0 Å². The highest BCUT2D eigenvalue weighted by molar-refractivity contribution is 5.99. The minimum absolute atomic E-state index is 0.186. The Hall–Kier alpha value is -2.29. The molecule has 198 valence electrons. The molecule has 0 amide bonds. The van der Waals surface area contributed by atoms with Crippen LogP contribution < -0.4 is 9.47 Å². The van der Waals surface area contributed by atoms with Crippen molar-refractivity contribution in [3.8, 4) is 11.5 Å². The average molecular weight is 493 g/mol. The minimum Gasteiger partial charge on any atom is -0.493 e. The van der Waals surface area contributed by atoms with E-state index in [2.05, 4.69) is 68.7 Å². The van der Waals surface area contributed by atoms with Crippen LogP contribution >= 0.6 is 0 Å². The number of unbranched alkanes of at least 4 members (excludes halogenated alkanes) is 8. The molecule has 0 bridgehead atoms. The van der Waals surface area contributed by atoms with E-state index < -0.39 is 0 Å². The lowest BCUT2D eigenvalue weighted by atomic mass is 9.86. The van der Waals surface area contributed by atoms with E-state index >= 15 is 0 Å². The van der Waals surface area contributed by atoms with Gasteiger partial charge < -0.3 is 9.47 Å². The van der Waals surface area contributed by atoms with Crippen LogP contribution in [0.15, 0.2) is 36.4 Å². The zero-order valence-corrected chi connectivity index (χ0v) is 23.9. The summed E-state index contributed by atoms with van der Waals surface area (Å²) >= 11 is 0. The summed E-state index contributed by atoms with van der Waals surface area (Å²) in [5, 5.41) is 0. The maximum atomic E-state index is 5.69. The molecule has 0 radical (unpaired) electrons. The van der Waals surface area contributed by atoms with Gasteiger partial charge in [0, 0.05) is 24.0 Å². The van der Waals surface area contributed by atoms with Crippen molar-refractivity contribution in [1.29, 1.82) is 0 Å². The second-order valence-corrected chi connectivity index (χ2v) is 11.5. The van der Waals surface area contributed by atoms with E-state index in [1.807, 2.05) is 0 Å². The van der Waals surface area contributed by atoms with Gasteiger partial charge in [0.15, 0.2) is 23.8 Å². The van der Waals surface area contributed by atoms with Gasteiger partial charge in [-0.15, -0.1) is 0 Å². The molecule has 3 nitrogen and oxygen atoms in total. The third-order valence-corrected chi connectivity index (χ3v) is 7.66. The van der Waals surface area contributed by atoms with Crippen molar-refractivity contribution in [3.05, 3.63) is 58.7 Å². The molecule has 0 N–H and O–H groups in total. The van der Waals surface area contributed by atoms with Gasteiger partial charge in [0.05, 0.1) is 14.2 Å². The summed E-state index contributed by atoms with van der Waals surface area (Å²) in [6, 6.07) is 13.7. The van der Waals surface area contributed by atoms with Crippen molar-refractivity contribution in [2.75, 3.05) is 20.8 Å². The van der Waals surface area contributed by atoms with Gasteiger partial charge in [0.1, 0.15) is 6.54 Å². The number of methoxy groups -OCH3 is 2. The first-order chi connectivity index (χ1) is 17.4. The first-order valence-electron chi connectivity index (χ1n) is 14.3. The predicted molar refractivity (Wildman–Crippen MR) is 153 cm³/mol. The zero-order chi connectivity index (χ0) is 26.0. The number of benzene rings is 2. The van der Waals surface area contributed by atoms with Crippen LogP contribution in [0, 0.1) is 0 Å². The monoisotopic (exact) mass is 492 g/mol. The zero-order valence-electron chi connectivity index (χ0n) is 23.9. The average Bonchev–Trinajstić information content (AvgIpc) is 2.87. The van der Waals surface area contributed by atoms with Crippen LogP contribution in [0.5, 0.6) is 11.5 Å². The summed E-state index contributed by atoms with van der Waals surface area (Å²) in [4.78, 5) is 0. The van der Waals surface area contributed by atoms with E-state index in [-0.39, 0.29) is 5.41 Å². The van der Waals surface area contributed by atoms with Crippen molar-refractivity contribution in [2.45, 2.75) is 110 Å².